The third-order valence-corrected chi connectivity index (χ3v) is 4.55. The number of aliphatic hydroxyl groups is 1. The van der Waals surface area contributed by atoms with E-state index in [-0.39, 0.29) is 18.1 Å². The van der Waals surface area contributed by atoms with Gasteiger partial charge in [0.1, 0.15) is 0 Å². The van der Waals surface area contributed by atoms with E-state index in [2.05, 4.69) is 5.10 Å². The van der Waals surface area contributed by atoms with Crippen LogP contribution >= 0.6 is 0 Å². The molecular weight excluding hydrogens is 347 g/mol. The number of amides is 1. The zero-order valence-corrected chi connectivity index (χ0v) is 14.1. The van der Waals surface area contributed by atoms with E-state index in [9.17, 15) is 18.0 Å². The Morgan fingerprint density at radius 3 is 2.85 bits per heavy atom. The zero-order chi connectivity index (χ0) is 18.7. The topological polar surface area (TPSA) is 58.4 Å². The van der Waals surface area contributed by atoms with Crippen LogP contribution in [0.2, 0.25) is 0 Å². The van der Waals surface area contributed by atoms with Gasteiger partial charge in [0, 0.05) is 30.8 Å². The van der Waals surface area contributed by atoms with Crippen LogP contribution in [0.5, 0.6) is 0 Å². The summed E-state index contributed by atoms with van der Waals surface area (Å²) in [4.78, 5) is 14.3. The number of piperidine rings is 1. The summed E-state index contributed by atoms with van der Waals surface area (Å²) in [6.45, 7) is 1.33. The van der Waals surface area contributed by atoms with E-state index in [1.807, 2.05) is 6.07 Å². The summed E-state index contributed by atoms with van der Waals surface area (Å²) in [5, 5.41) is 13.4. The average molecular weight is 367 g/mol. The van der Waals surface area contributed by atoms with Gasteiger partial charge >= 0.3 is 6.18 Å². The number of halogens is 3. The summed E-state index contributed by atoms with van der Waals surface area (Å²) in [6, 6.07) is 6.40. The molecule has 1 saturated heterocycles. The molecule has 1 fully saturated rings. The molecule has 0 radical (unpaired) electrons. The van der Waals surface area contributed by atoms with E-state index in [1.54, 1.807) is 15.8 Å². The number of hydrogen-bond acceptors (Lipinski definition) is 3. The number of aliphatic hydroxyl groups excluding tert-OH is 1. The molecule has 1 unspecified atom stereocenters. The molecule has 2 heterocycles. The van der Waals surface area contributed by atoms with Gasteiger partial charge in [0.05, 0.1) is 24.4 Å². The smallest absolute Gasteiger partial charge is 0.394 e. The molecule has 1 aliphatic rings. The van der Waals surface area contributed by atoms with Crippen molar-refractivity contribution in [3.63, 3.8) is 0 Å². The Bertz CT molecular complexity index is 773. The Balaban J connectivity index is 1.73. The largest absolute Gasteiger partial charge is 0.416 e. The predicted molar refractivity (Wildman–Crippen MR) is 88.6 cm³/mol. The highest BCUT2D eigenvalue weighted by molar-refractivity contribution is 5.94. The van der Waals surface area contributed by atoms with Crippen molar-refractivity contribution in [3.05, 3.63) is 53.3 Å². The van der Waals surface area contributed by atoms with Crippen LogP contribution in [-0.4, -0.2) is 45.4 Å². The lowest BCUT2D eigenvalue weighted by Crippen LogP contribution is -2.39. The first-order valence-corrected chi connectivity index (χ1v) is 8.49. The molecule has 1 aromatic carbocycles. The maximum absolute atomic E-state index is 12.9. The first-order chi connectivity index (χ1) is 12.4. The minimum atomic E-state index is -4.47. The minimum absolute atomic E-state index is 0.00799. The Morgan fingerprint density at radius 2 is 2.12 bits per heavy atom. The standard InChI is InChI=1S/C18H20F3N3O2/c19-18(20,21)15-5-1-3-13(11-15)17(26)23-7-2-4-14(12-23)16-6-8-24(22-16)9-10-25/h1,3,5-6,8,11,14,25H,2,4,7,9-10,12H2. The van der Waals surface area contributed by atoms with Crippen molar-refractivity contribution in [2.75, 3.05) is 19.7 Å². The van der Waals surface area contributed by atoms with Gasteiger partial charge < -0.3 is 10.0 Å². The van der Waals surface area contributed by atoms with Gasteiger partial charge in [0.25, 0.3) is 5.91 Å². The van der Waals surface area contributed by atoms with Gasteiger partial charge in [0.15, 0.2) is 0 Å². The number of nitrogens with zero attached hydrogens (tertiary/aromatic N) is 3. The molecule has 1 aromatic heterocycles. The van der Waals surface area contributed by atoms with Crippen molar-refractivity contribution in [2.24, 2.45) is 0 Å². The lowest BCUT2D eigenvalue weighted by atomic mass is 9.94. The van der Waals surface area contributed by atoms with Gasteiger partial charge in [-0.1, -0.05) is 6.07 Å². The van der Waals surface area contributed by atoms with E-state index in [0.29, 0.717) is 19.6 Å². The van der Waals surface area contributed by atoms with Crippen molar-refractivity contribution in [1.29, 1.82) is 0 Å². The third kappa shape index (κ3) is 4.07. The molecule has 1 aliphatic heterocycles. The average Bonchev–Trinajstić information content (AvgIpc) is 3.10. The Hall–Kier alpha value is -2.35. The summed E-state index contributed by atoms with van der Waals surface area (Å²) >= 11 is 0. The number of aromatic nitrogens is 2. The second-order valence-electron chi connectivity index (χ2n) is 6.40. The highest BCUT2D eigenvalue weighted by Gasteiger charge is 2.32. The summed E-state index contributed by atoms with van der Waals surface area (Å²) < 4.78 is 40.2. The van der Waals surface area contributed by atoms with Crippen molar-refractivity contribution in [2.45, 2.75) is 31.5 Å². The van der Waals surface area contributed by atoms with Crippen LogP contribution in [0.15, 0.2) is 36.5 Å². The Kier molecular flexibility index (Phi) is 5.31. The monoisotopic (exact) mass is 367 g/mol. The number of carbonyl (C=O) groups is 1. The first kappa shape index (κ1) is 18.4. The van der Waals surface area contributed by atoms with Crippen LogP contribution in [0.1, 0.15) is 40.4 Å². The van der Waals surface area contributed by atoms with Crippen molar-refractivity contribution in [1.82, 2.24) is 14.7 Å². The fraction of sp³-hybridized carbons (Fsp3) is 0.444. The molecule has 1 atom stereocenters. The van der Waals surface area contributed by atoms with E-state index in [4.69, 9.17) is 5.11 Å². The van der Waals surface area contributed by atoms with Gasteiger partial charge in [-0.3, -0.25) is 9.48 Å². The van der Waals surface area contributed by atoms with Crippen molar-refractivity contribution < 1.29 is 23.1 Å². The molecule has 1 N–H and O–H groups in total. The fourth-order valence-electron chi connectivity index (χ4n) is 3.24. The SMILES string of the molecule is O=C(c1cccc(C(F)(F)F)c1)N1CCCC(c2ccn(CCO)n2)C1. The predicted octanol–water partition coefficient (Wildman–Crippen LogP) is 2.91. The summed E-state index contributed by atoms with van der Waals surface area (Å²) in [5.74, 6) is -0.353. The van der Waals surface area contributed by atoms with Crippen LogP contribution < -0.4 is 0 Å². The van der Waals surface area contributed by atoms with Gasteiger partial charge in [-0.15, -0.1) is 0 Å². The highest BCUT2D eigenvalue weighted by Crippen LogP contribution is 2.31. The second kappa shape index (κ2) is 7.49. The maximum Gasteiger partial charge on any atom is 0.416 e. The van der Waals surface area contributed by atoms with Gasteiger partial charge in [-0.25, -0.2) is 0 Å². The first-order valence-electron chi connectivity index (χ1n) is 8.49. The number of benzene rings is 1. The van der Waals surface area contributed by atoms with Crippen LogP contribution in [0.3, 0.4) is 0 Å². The zero-order valence-electron chi connectivity index (χ0n) is 14.1. The molecule has 1 amide bonds. The van der Waals surface area contributed by atoms with Gasteiger partial charge in [0.2, 0.25) is 0 Å². The molecule has 0 bridgehead atoms. The molecule has 26 heavy (non-hydrogen) atoms. The number of alkyl halides is 3. The minimum Gasteiger partial charge on any atom is -0.394 e. The molecular formula is C18H20F3N3O2. The number of rotatable bonds is 4. The molecule has 3 rings (SSSR count). The van der Waals surface area contributed by atoms with Gasteiger partial charge in [-0.05, 0) is 37.1 Å². The molecule has 0 aliphatic carbocycles. The number of likely N-dealkylation sites (tertiary alicyclic amines) is 1. The fourth-order valence-corrected chi connectivity index (χ4v) is 3.24. The van der Waals surface area contributed by atoms with Crippen molar-refractivity contribution in [3.8, 4) is 0 Å². The molecule has 0 spiro atoms. The van der Waals surface area contributed by atoms with Crippen LogP contribution in [0.25, 0.3) is 0 Å². The molecule has 2 aromatic rings. The normalized spacial score (nSPS) is 18.2. The van der Waals surface area contributed by atoms with Crippen LogP contribution in [-0.2, 0) is 12.7 Å². The van der Waals surface area contributed by atoms with E-state index in [1.165, 1.54) is 12.1 Å². The molecule has 140 valence electrons. The van der Waals surface area contributed by atoms with Crippen molar-refractivity contribution >= 4 is 5.91 Å². The van der Waals surface area contributed by atoms with Crippen LogP contribution in [0, 0.1) is 0 Å². The summed E-state index contributed by atoms with van der Waals surface area (Å²) in [5.41, 5.74) is 0.0610. The Labute approximate surface area is 149 Å². The van der Waals surface area contributed by atoms with E-state index < -0.39 is 17.6 Å². The van der Waals surface area contributed by atoms with E-state index >= 15 is 0 Å². The summed E-state index contributed by atoms with van der Waals surface area (Å²) in [6.07, 6.45) is -1.07. The maximum atomic E-state index is 12.9. The second-order valence-corrected chi connectivity index (χ2v) is 6.40. The lowest BCUT2D eigenvalue weighted by molar-refractivity contribution is -0.137. The summed E-state index contributed by atoms with van der Waals surface area (Å²) in [7, 11) is 0. The molecule has 0 saturated carbocycles. The highest BCUT2D eigenvalue weighted by atomic mass is 19.4. The van der Waals surface area contributed by atoms with Crippen LogP contribution in [0.4, 0.5) is 13.2 Å². The van der Waals surface area contributed by atoms with E-state index in [0.717, 1.165) is 30.7 Å². The van der Waals surface area contributed by atoms with Gasteiger partial charge in [-0.2, -0.15) is 18.3 Å². The Morgan fingerprint density at radius 1 is 1.31 bits per heavy atom. The third-order valence-electron chi connectivity index (χ3n) is 4.55. The number of carbonyl (C=O) groups excluding carboxylic acids is 1. The molecule has 5 nitrogen and oxygen atoms in total. The number of hydrogen-bond donors (Lipinski definition) is 1. The molecule has 8 heteroatoms. The lowest BCUT2D eigenvalue weighted by Gasteiger charge is -2.32. The quantitative estimate of drug-likeness (QED) is 0.904.